The summed E-state index contributed by atoms with van der Waals surface area (Å²) in [5, 5.41) is 3.23. The van der Waals surface area contributed by atoms with E-state index < -0.39 is 0 Å². The molecule has 3 heterocycles. The summed E-state index contributed by atoms with van der Waals surface area (Å²) < 4.78 is 0. The Hall–Kier alpha value is -2.33. The van der Waals surface area contributed by atoms with E-state index in [9.17, 15) is 4.79 Å². The second-order valence-corrected chi connectivity index (χ2v) is 11.0. The molecule has 4 heteroatoms. The van der Waals surface area contributed by atoms with Gasteiger partial charge in [-0.05, 0) is 73.1 Å². The highest BCUT2D eigenvalue weighted by Crippen LogP contribution is 2.43. The van der Waals surface area contributed by atoms with Gasteiger partial charge in [0, 0.05) is 38.3 Å². The molecular formula is C31H43N3O. The Kier molecular flexibility index (Phi) is 8.08. The Labute approximate surface area is 212 Å². The molecule has 3 atom stereocenters. The molecule has 2 fully saturated rings. The Morgan fingerprint density at radius 3 is 2.74 bits per heavy atom. The number of carbonyl (C=O) groups is 1. The van der Waals surface area contributed by atoms with Gasteiger partial charge in [-0.3, -0.25) is 4.90 Å². The first kappa shape index (κ1) is 24.4. The second kappa shape index (κ2) is 11.6. The smallest absolute Gasteiger partial charge is 0.317 e. The number of piperidine rings is 2. The first-order chi connectivity index (χ1) is 17.2. The number of unbranched alkanes of at least 4 members (excludes halogenated alkanes) is 3. The van der Waals surface area contributed by atoms with Crippen LogP contribution < -0.4 is 5.32 Å². The third-order valence-electron chi connectivity index (χ3n) is 8.64. The molecule has 2 amide bonds. The molecule has 0 bridgehead atoms. The van der Waals surface area contributed by atoms with Crippen LogP contribution in [0.5, 0.6) is 0 Å². The fourth-order valence-corrected chi connectivity index (χ4v) is 6.73. The Balaban J connectivity index is 1.23. The highest BCUT2D eigenvalue weighted by Gasteiger charge is 2.43. The number of nitrogens with zero attached hydrogens (tertiary/aromatic N) is 2. The molecule has 2 saturated heterocycles. The number of likely N-dealkylation sites (tertiary alicyclic amines) is 1. The van der Waals surface area contributed by atoms with Crippen molar-refractivity contribution in [2.45, 2.75) is 83.2 Å². The van der Waals surface area contributed by atoms with Crippen LogP contribution in [0.4, 0.5) is 4.79 Å². The molecule has 0 aromatic heterocycles. The van der Waals surface area contributed by atoms with E-state index in [1.54, 1.807) is 5.56 Å². The molecular weight excluding hydrogens is 430 g/mol. The van der Waals surface area contributed by atoms with Crippen LogP contribution in [0, 0.1) is 5.92 Å². The van der Waals surface area contributed by atoms with Crippen molar-refractivity contribution in [1.29, 1.82) is 0 Å². The molecule has 35 heavy (non-hydrogen) atoms. The third kappa shape index (κ3) is 5.74. The average molecular weight is 474 g/mol. The lowest BCUT2D eigenvalue weighted by molar-refractivity contribution is 0.00578. The van der Waals surface area contributed by atoms with Gasteiger partial charge in [-0.1, -0.05) is 74.7 Å². The number of benzene rings is 2. The minimum atomic E-state index is 0.141. The molecule has 4 nitrogen and oxygen atoms in total. The van der Waals surface area contributed by atoms with Gasteiger partial charge in [0.15, 0.2) is 0 Å². The summed E-state index contributed by atoms with van der Waals surface area (Å²) in [6.07, 6.45) is 12.0. The normalized spacial score (nSPS) is 23.8. The van der Waals surface area contributed by atoms with Gasteiger partial charge in [-0.25, -0.2) is 4.79 Å². The zero-order valence-electron chi connectivity index (χ0n) is 21.6. The van der Waals surface area contributed by atoms with Gasteiger partial charge >= 0.3 is 6.03 Å². The molecule has 2 aromatic rings. The highest BCUT2D eigenvalue weighted by atomic mass is 16.2. The number of carbonyl (C=O) groups excluding carboxylic acids is 1. The van der Waals surface area contributed by atoms with E-state index in [4.69, 9.17) is 0 Å². The van der Waals surface area contributed by atoms with E-state index in [1.165, 1.54) is 68.2 Å². The summed E-state index contributed by atoms with van der Waals surface area (Å²) in [5.74, 6) is 0.610. The average Bonchev–Trinajstić information content (AvgIpc) is 2.90. The van der Waals surface area contributed by atoms with Gasteiger partial charge in [0.1, 0.15) is 0 Å². The van der Waals surface area contributed by atoms with E-state index in [0.29, 0.717) is 24.5 Å². The molecule has 2 aromatic carbocycles. The fraction of sp³-hybridized carbons (Fsp3) is 0.581. The summed E-state index contributed by atoms with van der Waals surface area (Å²) in [6, 6.07) is 18.7. The number of rotatable bonds is 8. The van der Waals surface area contributed by atoms with Crippen molar-refractivity contribution < 1.29 is 4.79 Å². The molecule has 0 spiro atoms. The van der Waals surface area contributed by atoms with E-state index in [0.717, 1.165) is 32.4 Å². The molecule has 3 aliphatic rings. The van der Waals surface area contributed by atoms with Crippen LogP contribution in [0.1, 0.15) is 80.2 Å². The van der Waals surface area contributed by atoms with E-state index >= 15 is 0 Å². The van der Waals surface area contributed by atoms with Crippen molar-refractivity contribution in [3.63, 3.8) is 0 Å². The Morgan fingerprint density at radius 1 is 1.00 bits per heavy atom. The number of amides is 2. The number of hydrogen-bond donors (Lipinski definition) is 1. The van der Waals surface area contributed by atoms with Crippen LogP contribution in [0.25, 0.3) is 0 Å². The van der Waals surface area contributed by atoms with Crippen molar-refractivity contribution in [3.05, 3.63) is 70.8 Å². The van der Waals surface area contributed by atoms with E-state index in [2.05, 4.69) is 64.5 Å². The van der Waals surface area contributed by atoms with Gasteiger partial charge in [-0.15, -0.1) is 0 Å². The predicted octanol–water partition coefficient (Wildman–Crippen LogP) is 6.15. The van der Waals surface area contributed by atoms with Gasteiger partial charge in [0.05, 0.1) is 0 Å². The summed E-state index contributed by atoms with van der Waals surface area (Å²) in [4.78, 5) is 18.2. The molecule has 3 aliphatic heterocycles. The lowest BCUT2D eigenvalue weighted by Crippen LogP contribution is -2.59. The second-order valence-electron chi connectivity index (χ2n) is 11.0. The summed E-state index contributed by atoms with van der Waals surface area (Å²) in [7, 11) is 0. The van der Waals surface area contributed by atoms with Crippen molar-refractivity contribution in [2.75, 3.05) is 26.2 Å². The maximum Gasteiger partial charge on any atom is 0.317 e. The first-order valence-electron chi connectivity index (χ1n) is 14.2. The molecule has 1 N–H and O–H groups in total. The molecule has 5 rings (SSSR count). The van der Waals surface area contributed by atoms with Crippen molar-refractivity contribution in [2.24, 2.45) is 5.92 Å². The third-order valence-corrected chi connectivity index (χ3v) is 8.64. The molecule has 188 valence electrons. The highest BCUT2D eigenvalue weighted by molar-refractivity contribution is 5.74. The van der Waals surface area contributed by atoms with Crippen LogP contribution in [-0.2, 0) is 19.3 Å². The molecule has 0 radical (unpaired) electrons. The molecule has 0 aliphatic carbocycles. The van der Waals surface area contributed by atoms with Gasteiger partial charge < -0.3 is 10.2 Å². The fourth-order valence-electron chi connectivity index (χ4n) is 6.73. The monoisotopic (exact) mass is 473 g/mol. The minimum Gasteiger partial charge on any atom is -0.338 e. The van der Waals surface area contributed by atoms with Crippen LogP contribution in [0.2, 0.25) is 0 Å². The predicted molar refractivity (Wildman–Crippen MR) is 144 cm³/mol. The standard InChI is InChI=1S/C31H43N3O/c1-2-3-4-6-12-25-14-15-28-26(21-25)17-20-33-23-27-13-9-19-34(29(27)22-30(28)33)31(35)32-18-16-24-10-7-5-8-11-24/h5,7-8,10-11,14-15,21,27,29-30H,2-4,6,9,12-13,16-20,22-23H2,1H3,(H,32,35)/t27-,29+,30+/m1/s1. The summed E-state index contributed by atoms with van der Waals surface area (Å²) in [6.45, 7) is 6.19. The van der Waals surface area contributed by atoms with Crippen LogP contribution in [-0.4, -0.2) is 48.1 Å². The maximum absolute atomic E-state index is 13.2. The summed E-state index contributed by atoms with van der Waals surface area (Å²) >= 11 is 0. The quantitative estimate of drug-likeness (QED) is 0.467. The van der Waals surface area contributed by atoms with Crippen molar-refractivity contribution in [3.8, 4) is 0 Å². The number of fused-ring (bicyclic) bond motifs is 4. The maximum atomic E-state index is 13.2. The van der Waals surface area contributed by atoms with Crippen molar-refractivity contribution in [1.82, 2.24) is 15.1 Å². The number of urea groups is 1. The van der Waals surface area contributed by atoms with Gasteiger partial charge in [-0.2, -0.15) is 0 Å². The SMILES string of the molecule is CCCCCCc1ccc2c(c1)CCN1C[C@H]3CCCN(C(=O)NCCc4ccccc4)[C@H]3C[C@@H]21. The number of hydrogen-bond acceptors (Lipinski definition) is 2. The van der Waals surface area contributed by atoms with Crippen LogP contribution >= 0.6 is 0 Å². The van der Waals surface area contributed by atoms with Gasteiger partial charge in [0.25, 0.3) is 0 Å². The zero-order chi connectivity index (χ0) is 24.0. The lowest BCUT2D eigenvalue weighted by Gasteiger charge is -2.52. The first-order valence-corrected chi connectivity index (χ1v) is 14.2. The minimum absolute atomic E-state index is 0.141. The van der Waals surface area contributed by atoms with Crippen LogP contribution in [0.3, 0.4) is 0 Å². The van der Waals surface area contributed by atoms with E-state index in [-0.39, 0.29) is 6.03 Å². The largest absolute Gasteiger partial charge is 0.338 e. The topological polar surface area (TPSA) is 35.6 Å². The number of nitrogens with one attached hydrogen (secondary N) is 1. The zero-order valence-corrected chi connectivity index (χ0v) is 21.6. The lowest BCUT2D eigenvalue weighted by atomic mass is 9.76. The van der Waals surface area contributed by atoms with Gasteiger partial charge in [0.2, 0.25) is 0 Å². The Morgan fingerprint density at radius 2 is 1.89 bits per heavy atom. The van der Waals surface area contributed by atoms with Crippen LogP contribution in [0.15, 0.2) is 48.5 Å². The van der Waals surface area contributed by atoms with E-state index in [1.807, 2.05) is 6.07 Å². The molecule has 0 unspecified atom stereocenters. The molecule has 0 saturated carbocycles. The summed E-state index contributed by atoms with van der Waals surface area (Å²) in [5.41, 5.74) is 5.88. The number of aryl methyl sites for hydroxylation is 1. The van der Waals surface area contributed by atoms with Crippen molar-refractivity contribution >= 4 is 6.03 Å². The Bertz CT molecular complexity index is 974.